The molecular formula is C30H32NO3-. The van der Waals surface area contributed by atoms with Gasteiger partial charge in [-0.2, -0.15) is 0 Å². The second-order valence-electron chi connectivity index (χ2n) is 10.3. The van der Waals surface area contributed by atoms with Crippen LogP contribution >= 0.6 is 0 Å². The number of hydrogen-bond acceptors (Lipinski definition) is 4. The highest BCUT2D eigenvalue weighted by atomic mass is 16.4. The highest BCUT2D eigenvalue weighted by Gasteiger charge is 2.63. The summed E-state index contributed by atoms with van der Waals surface area (Å²) in [7, 11) is 0. The molecule has 5 rings (SSSR count). The van der Waals surface area contributed by atoms with Crippen molar-refractivity contribution in [1.29, 1.82) is 0 Å². The second kappa shape index (κ2) is 8.68. The van der Waals surface area contributed by atoms with Crippen molar-refractivity contribution in [2.45, 2.75) is 44.8 Å². The fourth-order valence-electron chi connectivity index (χ4n) is 6.51. The van der Waals surface area contributed by atoms with Gasteiger partial charge in [0.15, 0.2) is 0 Å². The Bertz CT molecular complexity index is 1180. The summed E-state index contributed by atoms with van der Waals surface area (Å²) in [4.78, 5) is 15.3. The third-order valence-electron chi connectivity index (χ3n) is 8.40. The van der Waals surface area contributed by atoms with Crippen LogP contribution in [-0.4, -0.2) is 29.1 Å². The van der Waals surface area contributed by atoms with Gasteiger partial charge in [0, 0.05) is 36.9 Å². The predicted molar refractivity (Wildman–Crippen MR) is 131 cm³/mol. The van der Waals surface area contributed by atoms with E-state index < -0.39 is 22.9 Å². The molecule has 4 unspecified atom stereocenters. The first kappa shape index (κ1) is 22.8. The Balaban J connectivity index is 1.62. The zero-order chi connectivity index (χ0) is 23.9. The minimum absolute atomic E-state index is 0.212. The molecule has 0 spiro atoms. The summed E-state index contributed by atoms with van der Waals surface area (Å²) in [6.45, 7) is 5.62. The van der Waals surface area contributed by atoms with E-state index in [9.17, 15) is 15.0 Å². The van der Waals surface area contributed by atoms with E-state index in [0.29, 0.717) is 32.5 Å². The molecule has 0 amide bonds. The van der Waals surface area contributed by atoms with Crippen molar-refractivity contribution in [1.82, 2.24) is 4.90 Å². The molecule has 1 saturated heterocycles. The number of hydrogen-bond donors (Lipinski definition) is 1. The first-order valence-electron chi connectivity index (χ1n) is 12.2. The summed E-state index contributed by atoms with van der Waals surface area (Å²) in [6.07, 6.45) is 1.12. The molecule has 3 aromatic rings. The summed E-state index contributed by atoms with van der Waals surface area (Å²) in [5, 5.41) is 25.4. The number of carbonyl (C=O) groups is 1. The van der Waals surface area contributed by atoms with Gasteiger partial charge >= 0.3 is 0 Å². The number of benzene rings is 3. The predicted octanol–water partition coefficient (Wildman–Crippen LogP) is 3.94. The van der Waals surface area contributed by atoms with Crippen molar-refractivity contribution in [3.63, 3.8) is 0 Å². The van der Waals surface area contributed by atoms with E-state index in [1.165, 1.54) is 0 Å². The lowest BCUT2D eigenvalue weighted by Crippen LogP contribution is -2.59. The Labute approximate surface area is 201 Å². The quantitative estimate of drug-likeness (QED) is 0.634. The molecule has 176 valence electrons. The largest absolute Gasteiger partial charge is 0.549 e. The SMILES string of the molecule is Cc1ccc(C2(O)CCC(c3ccccc3)C3(C(=O)[O-])CN(Cc4ccccc4)CC23)cc1C. The lowest BCUT2D eigenvalue weighted by atomic mass is 9.53. The van der Waals surface area contributed by atoms with Gasteiger partial charge in [0.25, 0.3) is 0 Å². The van der Waals surface area contributed by atoms with Crippen molar-refractivity contribution in [3.8, 4) is 0 Å². The monoisotopic (exact) mass is 454 g/mol. The van der Waals surface area contributed by atoms with Crippen molar-refractivity contribution >= 4 is 5.97 Å². The van der Waals surface area contributed by atoms with Crippen LogP contribution in [0, 0.1) is 25.2 Å². The maximum Gasteiger partial charge on any atom is 0.0946 e. The zero-order valence-corrected chi connectivity index (χ0v) is 19.9. The van der Waals surface area contributed by atoms with Crippen molar-refractivity contribution in [2.24, 2.45) is 11.3 Å². The number of fused-ring (bicyclic) bond motifs is 1. The Kier molecular flexibility index (Phi) is 5.83. The summed E-state index contributed by atoms with van der Waals surface area (Å²) < 4.78 is 0. The summed E-state index contributed by atoms with van der Waals surface area (Å²) in [5.74, 6) is -1.74. The first-order chi connectivity index (χ1) is 16.3. The van der Waals surface area contributed by atoms with E-state index >= 15 is 0 Å². The Hall–Kier alpha value is -2.95. The maximum absolute atomic E-state index is 13.1. The minimum atomic E-state index is -1.23. The van der Waals surface area contributed by atoms with E-state index in [-0.39, 0.29) is 5.92 Å². The molecule has 3 aromatic carbocycles. The highest BCUT2D eigenvalue weighted by Crippen LogP contribution is 2.60. The number of aliphatic carboxylic acids is 1. The van der Waals surface area contributed by atoms with Gasteiger partial charge in [0.05, 0.1) is 5.60 Å². The third-order valence-corrected chi connectivity index (χ3v) is 8.40. The number of nitrogens with zero attached hydrogens (tertiary/aromatic N) is 1. The number of carbonyl (C=O) groups excluding carboxylic acids is 1. The minimum Gasteiger partial charge on any atom is -0.549 e. The number of likely N-dealkylation sites (tertiary alicyclic amines) is 1. The van der Waals surface area contributed by atoms with Crippen molar-refractivity contribution in [3.05, 3.63) is 107 Å². The Morgan fingerprint density at radius 1 is 1.00 bits per heavy atom. The molecule has 1 saturated carbocycles. The Morgan fingerprint density at radius 2 is 1.68 bits per heavy atom. The molecule has 1 N–H and O–H groups in total. The van der Waals surface area contributed by atoms with Crippen LogP contribution in [0.25, 0.3) is 0 Å². The standard InChI is InChI=1S/C30H33NO3/c1-21-13-14-25(17-22(21)2)30(34)16-15-26(24-11-7-4-8-12-24)29(28(32)33)20-31(19-27(29)30)18-23-9-5-3-6-10-23/h3-14,17,26-27,34H,15-16,18-20H2,1-2H3,(H,32,33)/p-1. The van der Waals surface area contributed by atoms with Crippen LogP contribution in [0.4, 0.5) is 0 Å². The molecule has 2 fully saturated rings. The number of aliphatic hydroxyl groups is 1. The lowest BCUT2D eigenvalue weighted by molar-refractivity contribution is -0.327. The third kappa shape index (κ3) is 3.66. The number of rotatable bonds is 5. The second-order valence-corrected chi connectivity index (χ2v) is 10.3. The molecule has 0 bridgehead atoms. The van der Waals surface area contributed by atoms with Gasteiger partial charge in [0.2, 0.25) is 0 Å². The molecular weight excluding hydrogens is 422 g/mol. The molecule has 1 aliphatic carbocycles. The smallest absolute Gasteiger partial charge is 0.0946 e. The fraction of sp³-hybridized carbons (Fsp3) is 0.367. The van der Waals surface area contributed by atoms with Crippen LogP contribution in [0.3, 0.4) is 0 Å². The summed E-state index contributed by atoms with van der Waals surface area (Å²) in [6, 6.07) is 26.1. The average molecular weight is 455 g/mol. The van der Waals surface area contributed by atoms with E-state index in [2.05, 4.69) is 24.0 Å². The Morgan fingerprint density at radius 3 is 2.32 bits per heavy atom. The molecule has 4 atom stereocenters. The van der Waals surface area contributed by atoms with E-state index in [0.717, 1.165) is 27.8 Å². The molecule has 1 aliphatic heterocycles. The van der Waals surface area contributed by atoms with Gasteiger partial charge in [-0.05, 0) is 60.4 Å². The topological polar surface area (TPSA) is 63.6 Å². The van der Waals surface area contributed by atoms with Crippen LogP contribution in [0.1, 0.15) is 46.6 Å². The van der Waals surface area contributed by atoms with Crippen molar-refractivity contribution < 1.29 is 15.0 Å². The molecule has 4 nitrogen and oxygen atoms in total. The maximum atomic E-state index is 13.1. The van der Waals surface area contributed by atoms with Crippen LogP contribution in [0.15, 0.2) is 78.9 Å². The van der Waals surface area contributed by atoms with Crippen molar-refractivity contribution in [2.75, 3.05) is 13.1 Å². The van der Waals surface area contributed by atoms with E-state index in [4.69, 9.17) is 0 Å². The molecule has 0 radical (unpaired) electrons. The van der Waals surface area contributed by atoms with Crippen LogP contribution in [-0.2, 0) is 16.9 Å². The number of aryl methyl sites for hydroxylation is 2. The van der Waals surface area contributed by atoms with Gasteiger partial charge in [-0.15, -0.1) is 0 Å². The molecule has 34 heavy (non-hydrogen) atoms. The first-order valence-corrected chi connectivity index (χ1v) is 12.2. The lowest BCUT2D eigenvalue weighted by Gasteiger charge is -2.54. The van der Waals surface area contributed by atoms with Gasteiger partial charge in [-0.3, -0.25) is 4.90 Å². The average Bonchev–Trinajstić information content (AvgIpc) is 3.24. The summed E-state index contributed by atoms with van der Waals surface area (Å²) >= 11 is 0. The van der Waals surface area contributed by atoms with Crippen LogP contribution < -0.4 is 5.11 Å². The number of carboxylic acid groups (broad SMARTS) is 1. The normalized spacial score (nSPS) is 29.0. The van der Waals surface area contributed by atoms with Gasteiger partial charge in [0.1, 0.15) is 0 Å². The van der Waals surface area contributed by atoms with E-state index in [1.807, 2.05) is 73.7 Å². The summed E-state index contributed by atoms with van der Waals surface area (Å²) in [5.41, 5.74) is 2.83. The number of carboxylic acids is 1. The van der Waals surface area contributed by atoms with Gasteiger partial charge in [-0.25, -0.2) is 0 Å². The fourth-order valence-corrected chi connectivity index (χ4v) is 6.51. The van der Waals surface area contributed by atoms with Gasteiger partial charge < -0.3 is 15.0 Å². The molecule has 0 aromatic heterocycles. The highest BCUT2D eigenvalue weighted by molar-refractivity contribution is 5.76. The molecule has 1 heterocycles. The molecule has 2 aliphatic rings. The molecule has 4 heteroatoms. The van der Waals surface area contributed by atoms with Crippen LogP contribution in [0.2, 0.25) is 0 Å². The van der Waals surface area contributed by atoms with Crippen LogP contribution in [0.5, 0.6) is 0 Å². The van der Waals surface area contributed by atoms with Gasteiger partial charge in [-0.1, -0.05) is 78.9 Å². The van der Waals surface area contributed by atoms with E-state index in [1.54, 1.807) is 0 Å². The zero-order valence-electron chi connectivity index (χ0n) is 19.9.